The highest BCUT2D eigenvalue weighted by atomic mass is 79.9. The van der Waals surface area contributed by atoms with E-state index in [1.54, 1.807) is 12.1 Å². The molecule has 0 radical (unpaired) electrons. The van der Waals surface area contributed by atoms with Crippen molar-refractivity contribution < 1.29 is 9.13 Å². The van der Waals surface area contributed by atoms with Crippen LogP contribution in [0.5, 0.6) is 0 Å². The molecule has 0 heterocycles. The van der Waals surface area contributed by atoms with E-state index in [-0.39, 0.29) is 5.82 Å². The van der Waals surface area contributed by atoms with Gasteiger partial charge in [0.25, 0.3) is 0 Å². The SMILES string of the molecule is CCOCCCNC(=S)Nc1cc(Br)ccc1F. The third-order valence-corrected chi connectivity index (χ3v) is 2.87. The largest absolute Gasteiger partial charge is 0.382 e. The number of nitrogens with one attached hydrogen (secondary N) is 2. The Morgan fingerprint density at radius 2 is 2.28 bits per heavy atom. The highest BCUT2D eigenvalue weighted by Gasteiger charge is 2.04. The summed E-state index contributed by atoms with van der Waals surface area (Å²) in [7, 11) is 0. The van der Waals surface area contributed by atoms with Gasteiger partial charge in [0.2, 0.25) is 0 Å². The van der Waals surface area contributed by atoms with Crippen LogP contribution in [0.3, 0.4) is 0 Å². The molecule has 0 atom stereocenters. The predicted molar refractivity (Wildman–Crippen MR) is 79.4 cm³/mol. The van der Waals surface area contributed by atoms with Gasteiger partial charge in [0, 0.05) is 24.2 Å². The predicted octanol–water partition coefficient (Wildman–Crippen LogP) is 3.30. The van der Waals surface area contributed by atoms with Crippen LogP contribution < -0.4 is 10.6 Å². The highest BCUT2D eigenvalue weighted by Crippen LogP contribution is 2.19. The normalized spacial score (nSPS) is 10.2. The first-order valence-electron chi connectivity index (χ1n) is 5.71. The molecule has 0 unspecified atom stereocenters. The molecule has 0 saturated carbocycles. The number of rotatable bonds is 6. The lowest BCUT2D eigenvalue weighted by Gasteiger charge is -2.11. The van der Waals surface area contributed by atoms with Crippen molar-refractivity contribution in [2.24, 2.45) is 0 Å². The van der Waals surface area contributed by atoms with Crippen molar-refractivity contribution in [2.75, 3.05) is 25.1 Å². The lowest BCUT2D eigenvalue weighted by atomic mass is 10.3. The van der Waals surface area contributed by atoms with E-state index >= 15 is 0 Å². The second kappa shape index (κ2) is 8.39. The Bertz CT molecular complexity index is 404. The summed E-state index contributed by atoms with van der Waals surface area (Å²) in [5.41, 5.74) is 0.353. The molecular formula is C12H16BrFN2OS. The van der Waals surface area contributed by atoms with Gasteiger partial charge in [0.15, 0.2) is 5.11 Å². The zero-order chi connectivity index (χ0) is 13.4. The van der Waals surface area contributed by atoms with Crippen molar-refractivity contribution in [3.05, 3.63) is 28.5 Å². The standard InChI is InChI=1S/C12H16BrFN2OS/c1-2-17-7-3-6-15-12(18)16-11-8-9(13)4-5-10(11)14/h4-5,8H,2-3,6-7H2,1H3,(H2,15,16,18). The van der Waals surface area contributed by atoms with E-state index in [4.69, 9.17) is 17.0 Å². The van der Waals surface area contributed by atoms with Gasteiger partial charge in [-0.25, -0.2) is 4.39 Å². The Morgan fingerprint density at radius 3 is 3.00 bits per heavy atom. The van der Waals surface area contributed by atoms with E-state index in [1.807, 2.05) is 6.92 Å². The van der Waals surface area contributed by atoms with E-state index in [2.05, 4.69) is 26.6 Å². The summed E-state index contributed by atoms with van der Waals surface area (Å²) in [6, 6.07) is 4.66. The number of benzene rings is 1. The Balaban J connectivity index is 2.33. The van der Waals surface area contributed by atoms with Gasteiger partial charge in [-0.15, -0.1) is 0 Å². The molecule has 0 aromatic heterocycles. The van der Waals surface area contributed by atoms with Gasteiger partial charge >= 0.3 is 0 Å². The van der Waals surface area contributed by atoms with Crippen LogP contribution in [0.25, 0.3) is 0 Å². The summed E-state index contributed by atoms with van der Waals surface area (Å²) in [6.45, 7) is 4.06. The number of halogens is 2. The van der Waals surface area contributed by atoms with Crippen molar-refractivity contribution >= 4 is 38.9 Å². The van der Waals surface area contributed by atoms with Gasteiger partial charge < -0.3 is 15.4 Å². The summed E-state index contributed by atoms with van der Waals surface area (Å²) >= 11 is 8.35. The molecular weight excluding hydrogens is 319 g/mol. The smallest absolute Gasteiger partial charge is 0.170 e. The average Bonchev–Trinajstić information content (AvgIpc) is 2.33. The summed E-state index contributed by atoms with van der Waals surface area (Å²) in [4.78, 5) is 0. The molecule has 0 spiro atoms. The average molecular weight is 335 g/mol. The van der Waals surface area contributed by atoms with Gasteiger partial charge in [-0.3, -0.25) is 0 Å². The third-order valence-electron chi connectivity index (χ3n) is 2.13. The molecule has 6 heteroatoms. The molecule has 0 aliphatic carbocycles. The van der Waals surface area contributed by atoms with Crippen LogP contribution in [0.1, 0.15) is 13.3 Å². The fraction of sp³-hybridized carbons (Fsp3) is 0.417. The first kappa shape index (κ1) is 15.3. The van der Waals surface area contributed by atoms with E-state index in [0.717, 1.165) is 10.9 Å². The third kappa shape index (κ3) is 5.75. The maximum atomic E-state index is 13.4. The molecule has 0 aliphatic heterocycles. The van der Waals surface area contributed by atoms with Crippen molar-refractivity contribution in [1.29, 1.82) is 0 Å². The highest BCUT2D eigenvalue weighted by molar-refractivity contribution is 9.10. The zero-order valence-electron chi connectivity index (χ0n) is 10.1. The molecule has 18 heavy (non-hydrogen) atoms. The van der Waals surface area contributed by atoms with Crippen molar-refractivity contribution in [3.63, 3.8) is 0 Å². The number of hydrogen-bond donors (Lipinski definition) is 2. The van der Waals surface area contributed by atoms with Crippen LogP contribution in [-0.4, -0.2) is 24.9 Å². The lowest BCUT2D eigenvalue weighted by molar-refractivity contribution is 0.146. The second-order valence-electron chi connectivity index (χ2n) is 3.56. The molecule has 1 rings (SSSR count). The number of ether oxygens (including phenoxy) is 1. The quantitative estimate of drug-likeness (QED) is 0.617. The number of anilines is 1. The fourth-order valence-corrected chi connectivity index (χ4v) is 1.85. The molecule has 0 bridgehead atoms. The molecule has 1 aromatic rings. The topological polar surface area (TPSA) is 33.3 Å². The maximum Gasteiger partial charge on any atom is 0.170 e. The van der Waals surface area contributed by atoms with E-state index in [1.165, 1.54) is 6.07 Å². The Morgan fingerprint density at radius 1 is 1.50 bits per heavy atom. The summed E-state index contributed by atoms with van der Waals surface area (Å²) in [5.74, 6) is -0.336. The maximum absolute atomic E-state index is 13.4. The first-order chi connectivity index (χ1) is 8.63. The molecule has 3 nitrogen and oxygen atoms in total. The van der Waals surface area contributed by atoms with Crippen LogP contribution >= 0.6 is 28.1 Å². The number of thiocarbonyl (C=S) groups is 1. The van der Waals surface area contributed by atoms with Gasteiger partial charge in [-0.2, -0.15) is 0 Å². The Hall–Kier alpha value is -0.720. The zero-order valence-corrected chi connectivity index (χ0v) is 12.5. The number of hydrogen-bond acceptors (Lipinski definition) is 2. The molecule has 1 aromatic carbocycles. The van der Waals surface area contributed by atoms with Gasteiger partial charge in [-0.05, 0) is 43.8 Å². The molecule has 2 N–H and O–H groups in total. The van der Waals surface area contributed by atoms with E-state index in [0.29, 0.717) is 30.6 Å². The van der Waals surface area contributed by atoms with Crippen LogP contribution in [0.15, 0.2) is 22.7 Å². The van der Waals surface area contributed by atoms with Crippen molar-refractivity contribution in [2.45, 2.75) is 13.3 Å². The van der Waals surface area contributed by atoms with Crippen molar-refractivity contribution in [1.82, 2.24) is 5.32 Å². The van der Waals surface area contributed by atoms with Gasteiger partial charge in [0.05, 0.1) is 5.69 Å². The van der Waals surface area contributed by atoms with Gasteiger partial charge in [-0.1, -0.05) is 15.9 Å². The molecule has 0 saturated heterocycles. The Kier molecular flexibility index (Phi) is 7.15. The molecule has 0 fully saturated rings. The van der Waals surface area contributed by atoms with Crippen LogP contribution in [0, 0.1) is 5.82 Å². The monoisotopic (exact) mass is 334 g/mol. The molecule has 100 valence electrons. The molecule has 0 amide bonds. The minimum atomic E-state index is -0.336. The van der Waals surface area contributed by atoms with Crippen molar-refractivity contribution in [3.8, 4) is 0 Å². The summed E-state index contributed by atoms with van der Waals surface area (Å²) < 4.78 is 19.4. The lowest BCUT2D eigenvalue weighted by Crippen LogP contribution is -2.30. The molecule has 0 aliphatic rings. The van der Waals surface area contributed by atoms with Crippen LogP contribution in [0.4, 0.5) is 10.1 Å². The fourth-order valence-electron chi connectivity index (χ4n) is 1.28. The minimum absolute atomic E-state index is 0.336. The minimum Gasteiger partial charge on any atom is -0.382 e. The van der Waals surface area contributed by atoms with Crippen LogP contribution in [0.2, 0.25) is 0 Å². The first-order valence-corrected chi connectivity index (χ1v) is 6.91. The summed E-state index contributed by atoms with van der Waals surface area (Å²) in [6.07, 6.45) is 0.858. The van der Waals surface area contributed by atoms with E-state index < -0.39 is 0 Å². The van der Waals surface area contributed by atoms with E-state index in [9.17, 15) is 4.39 Å². The van der Waals surface area contributed by atoms with Crippen LogP contribution in [-0.2, 0) is 4.74 Å². The Labute approximate surface area is 120 Å². The summed E-state index contributed by atoms with van der Waals surface area (Å²) in [5, 5.41) is 6.22. The van der Waals surface area contributed by atoms with Gasteiger partial charge in [0.1, 0.15) is 5.82 Å². The second-order valence-corrected chi connectivity index (χ2v) is 4.88.